The van der Waals surface area contributed by atoms with Crippen LogP contribution in [0.2, 0.25) is 0 Å². The van der Waals surface area contributed by atoms with Gasteiger partial charge in [0.15, 0.2) is 0 Å². The Labute approximate surface area is 169 Å². The fourth-order valence-electron chi connectivity index (χ4n) is 3.99. The van der Waals surface area contributed by atoms with Crippen LogP contribution in [0.15, 0.2) is 0 Å². The molecule has 0 aromatic heterocycles. The summed E-state index contributed by atoms with van der Waals surface area (Å²) in [7, 11) is 0.287. The molecule has 8 nitrogen and oxygen atoms in total. The highest BCUT2D eigenvalue weighted by atomic mass is 32.2. The molecule has 2 aliphatic rings. The van der Waals surface area contributed by atoms with Crippen LogP contribution in [0.4, 0.5) is 18.0 Å². The first-order valence-electron chi connectivity index (χ1n) is 9.61. The maximum Gasteiger partial charge on any atom is 0.410 e. The standard InChI is InChI=1S/C17H30F3N3O5S/c1-11-9-14(21-29(25,26)22(2)3)15(23(11)16(24)27-4)10-28-13-7-5-12(6-8-13)17(18,19)20/h11-15,21H,5-10H2,1-4H3/t11-,12?,13?,14+,15+/m0/s1. The molecule has 1 heterocycles. The summed E-state index contributed by atoms with van der Waals surface area (Å²) in [6.45, 7) is 1.80. The molecule has 1 aliphatic carbocycles. The number of halogens is 3. The average Bonchev–Trinajstić information content (AvgIpc) is 2.93. The first-order chi connectivity index (χ1) is 13.4. The molecule has 1 saturated heterocycles. The minimum atomic E-state index is -4.19. The van der Waals surface area contributed by atoms with Gasteiger partial charge in [0.25, 0.3) is 10.2 Å². The second-order valence-electron chi connectivity index (χ2n) is 7.89. The van der Waals surface area contributed by atoms with E-state index in [4.69, 9.17) is 9.47 Å². The van der Waals surface area contributed by atoms with Crippen LogP contribution in [0.3, 0.4) is 0 Å². The smallest absolute Gasteiger partial charge is 0.410 e. The predicted octanol–water partition coefficient (Wildman–Crippen LogP) is 2.12. The van der Waals surface area contributed by atoms with Crippen molar-refractivity contribution in [2.75, 3.05) is 27.8 Å². The molecule has 0 bridgehead atoms. The number of nitrogens with one attached hydrogen (secondary N) is 1. The van der Waals surface area contributed by atoms with Crippen molar-refractivity contribution in [3.8, 4) is 0 Å². The highest BCUT2D eigenvalue weighted by Crippen LogP contribution is 2.38. The van der Waals surface area contributed by atoms with Crippen LogP contribution >= 0.6 is 0 Å². The van der Waals surface area contributed by atoms with E-state index in [0.29, 0.717) is 6.42 Å². The Hall–Kier alpha value is -1.11. The van der Waals surface area contributed by atoms with Crippen molar-refractivity contribution in [2.24, 2.45) is 5.92 Å². The largest absolute Gasteiger partial charge is 0.453 e. The van der Waals surface area contributed by atoms with Crippen molar-refractivity contribution in [3.05, 3.63) is 0 Å². The Morgan fingerprint density at radius 2 is 1.79 bits per heavy atom. The van der Waals surface area contributed by atoms with E-state index in [1.165, 1.54) is 26.1 Å². The summed E-state index contributed by atoms with van der Waals surface area (Å²) in [5.74, 6) is -1.31. The minimum Gasteiger partial charge on any atom is -0.453 e. The van der Waals surface area contributed by atoms with Gasteiger partial charge in [-0.25, -0.2) is 4.79 Å². The number of ether oxygens (including phenoxy) is 2. The number of hydrogen-bond acceptors (Lipinski definition) is 5. The van der Waals surface area contributed by atoms with Gasteiger partial charge in [-0.1, -0.05) is 0 Å². The average molecular weight is 446 g/mol. The molecule has 12 heteroatoms. The van der Waals surface area contributed by atoms with Gasteiger partial charge in [0.05, 0.1) is 31.8 Å². The van der Waals surface area contributed by atoms with Gasteiger partial charge in [0, 0.05) is 26.2 Å². The van der Waals surface area contributed by atoms with Gasteiger partial charge in [-0.2, -0.15) is 30.6 Å². The van der Waals surface area contributed by atoms with Gasteiger partial charge in [-0.05, 0) is 39.0 Å². The quantitative estimate of drug-likeness (QED) is 0.677. The Balaban J connectivity index is 2.05. The van der Waals surface area contributed by atoms with E-state index in [1.807, 2.05) is 0 Å². The molecule has 0 radical (unpaired) electrons. The van der Waals surface area contributed by atoms with Crippen molar-refractivity contribution in [3.63, 3.8) is 0 Å². The van der Waals surface area contributed by atoms with E-state index in [9.17, 15) is 26.4 Å². The predicted molar refractivity (Wildman–Crippen MR) is 99.4 cm³/mol. The van der Waals surface area contributed by atoms with E-state index in [2.05, 4.69) is 4.72 Å². The molecule has 1 aliphatic heterocycles. The van der Waals surface area contributed by atoms with Crippen LogP contribution in [0.1, 0.15) is 39.0 Å². The molecule has 170 valence electrons. The number of alkyl halides is 3. The fraction of sp³-hybridized carbons (Fsp3) is 0.941. The summed E-state index contributed by atoms with van der Waals surface area (Å²) < 4.78 is 77.3. The van der Waals surface area contributed by atoms with Gasteiger partial charge in [-0.15, -0.1) is 0 Å². The Morgan fingerprint density at radius 1 is 1.21 bits per heavy atom. The number of methoxy groups -OCH3 is 1. The normalized spacial score (nSPS) is 31.3. The lowest BCUT2D eigenvalue weighted by molar-refractivity contribution is -0.188. The molecule has 29 heavy (non-hydrogen) atoms. The number of nitrogens with zero attached hydrogens (tertiary/aromatic N) is 2. The molecule has 1 amide bonds. The van der Waals surface area contributed by atoms with E-state index in [1.54, 1.807) is 6.92 Å². The van der Waals surface area contributed by atoms with E-state index < -0.39 is 40.5 Å². The number of rotatable bonds is 6. The van der Waals surface area contributed by atoms with Crippen molar-refractivity contribution < 1.29 is 35.9 Å². The molecule has 2 rings (SSSR count). The van der Waals surface area contributed by atoms with Crippen molar-refractivity contribution in [1.29, 1.82) is 0 Å². The second-order valence-corrected chi connectivity index (χ2v) is 9.81. The molecular formula is C17H30F3N3O5S. The SMILES string of the molecule is COC(=O)N1[C@H](COC2CCC(C(F)(F)F)CC2)[C@H](NS(=O)(=O)N(C)C)C[C@@H]1C. The van der Waals surface area contributed by atoms with Crippen LogP contribution in [-0.4, -0.2) is 81.9 Å². The lowest BCUT2D eigenvalue weighted by Gasteiger charge is -2.33. The van der Waals surface area contributed by atoms with Crippen molar-refractivity contribution in [1.82, 2.24) is 13.9 Å². The number of carbonyl (C=O) groups is 1. The van der Waals surface area contributed by atoms with Gasteiger partial charge in [-0.3, -0.25) is 4.90 Å². The van der Waals surface area contributed by atoms with E-state index in [-0.39, 0.29) is 44.4 Å². The molecule has 3 atom stereocenters. The van der Waals surface area contributed by atoms with Crippen molar-refractivity contribution in [2.45, 2.75) is 69.4 Å². The number of amides is 1. The Bertz CT molecular complexity index is 666. The number of hydrogen-bond donors (Lipinski definition) is 1. The molecular weight excluding hydrogens is 415 g/mol. The first kappa shape index (κ1) is 24.2. The summed E-state index contributed by atoms with van der Waals surface area (Å²) in [5.41, 5.74) is 0. The summed E-state index contributed by atoms with van der Waals surface area (Å²) in [6, 6.07) is -1.50. The summed E-state index contributed by atoms with van der Waals surface area (Å²) in [5, 5.41) is 0. The zero-order chi connectivity index (χ0) is 22.0. The molecule has 0 aromatic rings. The molecule has 0 spiro atoms. The van der Waals surface area contributed by atoms with Gasteiger partial charge in [0.1, 0.15) is 0 Å². The lowest BCUT2D eigenvalue weighted by atomic mass is 9.87. The van der Waals surface area contributed by atoms with Crippen LogP contribution in [0, 0.1) is 5.92 Å². The topological polar surface area (TPSA) is 88.2 Å². The third kappa shape index (κ3) is 5.96. The first-order valence-corrected chi connectivity index (χ1v) is 11.0. The van der Waals surface area contributed by atoms with E-state index in [0.717, 1.165) is 4.31 Å². The zero-order valence-corrected chi connectivity index (χ0v) is 17.9. The van der Waals surface area contributed by atoms with Crippen LogP contribution in [0.25, 0.3) is 0 Å². The third-order valence-corrected chi connectivity index (χ3v) is 7.26. The molecule has 1 N–H and O–H groups in total. The molecule has 2 fully saturated rings. The van der Waals surface area contributed by atoms with Gasteiger partial charge >= 0.3 is 12.3 Å². The number of carbonyl (C=O) groups excluding carboxylic acids is 1. The van der Waals surface area contributed by atoms with E-state index >= 15 is 0 Å². The molecule has 0 aromatic carbocycles. The van der Waals surface area contributed by atoms with Crippen LogP contribution < -0.4 is 4.72 Å². The Kier molecular flexibility index (Phi) is 7.80. The monoisotopic (exact) mass is 445 g/mol. The molecule has 0 unspecified atom stereocenters. The molecule has 1 saturated carbocycles. The highest BCUT2D eigenvalue weighted by Gasteiger charge is 2.45. The lowest BCUT2D eigenvalue weighted by Crippen LogP contribution is -2.52. The van der Waals surface area contributed by atoms with Crippen LogP contribution in [-0.2, 0) is 19.7 Å². The third-order valence-electron chi connectivity index (χ3n) is 5.70. The number of likely N-dealkylation sites (tertiary alicyclic amines) is 1. The highest BCUT2D eigenvalue weighted by molar-refractivity contribution is 7.87. The summed E-state index contributed by atoms with van der Waals surface area (Å²) in [4.78, 5) is 13.7. The summed E-state index contributed by atoms with van der Waals surface area (Å²) in [6.07, 6.45) is -4.20. The van der Waals surface area contributed by atoms with Crippen LogP contribution in [0.5, 0.6) is 0 Å². The minimum absolute atomic E-state index is 0.00659. The zero-order valence-electron chi connectivity index (χ0n) is 17.1. The fourth-order valence-corrected chi connectivity index (χ4v) is 4.84. The van der Waals surface area contributed by atoms with Gasteiger partial charge in [0.2, 0.25) is 0 Å². The maximum atomic E-state index is 12.8. The van der Waals surface area contributed by atoms with Gasteiger partial charge < -0.3 is 9.47 Å². The maximum absolute atomic E-state index is 12.8. The Morgan fingerprint density at radius 3 is 2.28 bits per heavy atom. The second kappa shape index (κ2) is 9.36. The summed E-state index contributed by atoms with van der Waals surface area (Å²) >= 11 is 0. The van der Waals surface area contributed by atoms with Crippen molar-refractivity contribution >= 4 is 16.3 Å².